The fourth-order valence-electron chi connectivity index (χ4n) is 5.58. The molecule has 8 heteroatoms. The summed E-state index contributed by atoms with van der Waals surface area (Å²) < 4.78 is 25.3. The van der Waals surface area contributed by atoms with Crippen LogP contribution < -0.4 is 9.64 Å². The van der Waals surface area contributed by atoms with Crippen molar-refractivity contribution in [2.75, 3.05) is 11.5 Å². The molecule has 0 unspecified atom stereocenters. The average molecular weight is 485 g/mol. The number of Topliss-reactive ketones (excluding diaryl/α,β-unsaturated/α-hetero) is 2. The first-order valence-corrected chi connectivity index (χ1v) is 11.6. The van der Waals surface area contributed by atoms with E-state index in [0.717, 1.165) is 4.90 Å². The van der Waals surface area contributed by atoms with Crippen LogP contribution in [0.5, 0.6) is 5.75 Å². The van der Waals surface area contributed by atoms with Crippen LogP contribution in [0.3, 0.4) is 0 Å². The van der Waals surface area contributed by atoms with Crippen molar-refractivity contribution in [1.82, 2.24) is 0 Å². The zero-order valence-corrected chi connectivity index (χ0v) is 19.1. The minimum atomic E-state index is -2.17. The van der Waals surface area contributed by atoms with Crippen molar-refractivity contribution in [2.45, 2.75) is 18.6 Å². The molecule has 3 atom stereocenters. The number of carbonyl (C=O) groups is 4. The fourth-order valence-corrected chi connectivity index (χ4v) is 5.58. The summed E-state index contributed by atoms with van der Waals surface area (Å²) in [6.45, 7) is 2.29. The number of nitrogens with zero attached hydrogens (tertiary/aromatic N) is 1. The van der Waals surface area contributed by atoms with Crippen LogP contribution in [0.4, 0.5) is 10.1 Å². The van der Waals surface area contributed by atoms with Gasteiger partial charge in [-0.25, -0.2) is 9.29 Å². The smallest absolute Gasteiger partial charge is 0.241 e. The van der Waals surface area contributed by atoms with Crippen molar-refractivity contribution in [3.8, 4) is 5.75 Å². The van der Waals surface area contributed by atoms with E-state index in [0.29, 0.717) is 23.6 Å². The minimum absolute atomic E-state index is 0.153. The highest BCUT2D eigenvalue weighted by Crippen LogP contribution is 2.57. The molecule has 1 spiro atoms. The molecule has 2 amide bonds. The first-order valence-electron chi connectivity index (χ1n) is 11.6. The van der Waals surface area contributed by atoms with Crippen LogP contribution in [-0.2, 0) is 14.3 Å². The van der Waals surface area contributed by atoms with Gasteiger partial charge < -0.3 is 9.47 Å². The normalized spacial score (nSPS) is 23.9. The van der Waals surface area contributed by atoms with Crippen LogP contribution in [0.2, 0.25) is 0 Å². The first kappa shape index (κ1) is 22.3. The summed E-state index contributed by atoms with van der Waals surface area (Å²) in [7, 11) is 0. The van der Waals surface area contributed by atoms with E-state index in [4.69, 9.17) is 9.47 Å². The van der Waals surface area contributed by atoms with Crippen LogP contribution in [0, 0.1) is 17.7 Å². The summed E-state index contributed by atoms with van der Waals surface area (Å²) in [5, 5.41) is 0. The van der Waals surface area contributed by atoms with Gasteiger partial charge in [0.1, 0.15) is 11.6 Å². The van der Waals surface area contributed by atoms with E-state index in [2.05, 4.69) is 0 Å². The molecule has 6 rings (SSSR count). The van der Waals surface area contributed by atoms with Crippen molar-refractivity contribution < 1.29 is 33.0 Å². The fraction of sp³-hybridized carbons (Fsp3) is 0.214. The number of hydrogen-bond acceptors (Lipinski definition) is 6. The highest BCUT2D eigenvalue weighted by atomic mass is 19.1. The van der Waals surface area contributed by atoms with E-state index in [9.17, 15) is 23.6 Å². The Labute approximate surface area is 205 Å². The SMILES string of the molecule is CCOc1ccc(N2C(=O)[C@@H]3[C@@H](c4ccc(F)cc4)OC4(C(=O)c5ccccc5C4=O)[C@H]3C2=O)cc1. The van der Waals surface area contributed by atoms with E-state index in [-0.39, 0.29) is 11.1 Å². The summed E-state index contributed by atoms with van der Waals surface area (Å²) >= 11 is 0. The van der Waals surface area contributed by atoms with Crippen molar-refractivity contribution in [3.63, 3.8) is 0 Å². The number of hydrogen-bond donors (Lipinski definition) is 0. The maximum atomic E-state index is 13.9. The van der Waals surface area contributed by atoms with Gasteiger partial charge in [0, 0.05) is 11.1 Å². The van der Waals surface area contributed by atoms with E-state index < -0.39 is 52.7 Å². The van der Waals surface area contributed by atoms with Gasteiger partial charge >= 0.3 is 0 Å². The number of anilines is 1. The number of rotatable bonds is 4. The van der Waals surface area contributed by atoms with Gasteiger partial charge in [-0.3, -0.25) is 19.2 Å². The molecule has 0 bridgehead atoms. The van der Waals surface area contributed by atoms with Gasteiger partial charge in [-0.1, -0.05) is 36.4 Å². The third-order valence-corrected chi connectivity index (χ3v) is 7.12. The molecule has 0 radical (unpaired) electrons. The zero-order valence-electron chi connectivity index (χ0n) is 19.1. The van der Waals surface area contributed by atoms with Gasteiger partial charge in [0.25, 0.3) is 0 Å². The van der Waals surface area contributed by atoms with Crippen LogP contribution in [-0.4, -0.2) is 35.6 Å². The van der Waals surface area contributed by atoms with E-state index in [1.165, 1.54) is 36.4 Å². The Balaban J connectivity index is 1.49. The molecule has 36 heavy (non-hydrogen) atoms. The second-order valence-electron chi connectivity index (χ2n) is 8.97. The summed E-state index contributed by atoms with van der Waals surface area (Å²) in [5.41, 5.74) is -1.16. The minimum Gasteiger partial charge on any atom is -0.494 e. The number of carbonyl (C=O) groups excluding carboxylic acids is 4. The maximum Gasteiger partial charge on any atom is 0.241 e. The highest BCUT2D eigenvalue weighted by molar-refractivity contribution is 6.37. The Morgan fingerprint density at radius 2 is 1.47 bits per heavy atom. The molecule has 2 aliphatic heterocycles. The molecule has 0 saturated carbocycles. The quantitative estimate of drug-likeness (QED) is 0.411. The Morgan fingerprint density at radius 3 is 2.06 bits per heavy atom. The highest BCUT2D eigenvalue weighted by Gasteiger charge is 2.74. The molecule has 180 valence electrons. The predicted octanol–water partition coefficient (Wildman–Crippen LogP) is 3.92. The predicted molar refractivity (Wildman–Crippen MR) is 125 cm³/mol. The lowest BCUT2D eigenvalue weighted by atomic mass is 9.77. The van der Waals surface area contributed by atoms with Crippen LogP contribution in [0.15, 0.2) is 72.8 Å². The monoisotopic (exact) mass is 485 g/mol. The number of ketones is 2. The van der Waals surface area contributed by atoms with Crippen LogP contribution >= 0.6 is 0 Å². The lowest BCUT2D eigenvalue weighted by Crippen LogP contribution is -2.51. The van der Waals surface area contributed by atoms with Crippen molar-refractivity contribution in [2.24, 2.45) is 11.8 Å². The van der Waals surface area contributed by atoms with Gasteiger partial charge in [-0.2, -0.15) is 0 Å². The average Bonchev–Trinajstić information content (AvgIpc) is 3.45. The van der Waals surface area contributed by atoms with Gasteiger partial charge in [0.15, 0.2) is 0 Å². The van der Waals surface area contributed by atoms with Gasteiger partial charge in [0.05, 0.1) is 30.2 Å². The number of amides is 2. The van der Waals surface area contributed by atoms with Crippen molar-refractivity contribution in [1.29, 1.82) is 0 Å². The molecular formula is C28H20FNO6. The molecule has 7 nitrogen and oxygen atoms in total. The maximum absolute atomic E-state index is 13.9. The van der Waals surface area contributed by atoms with E-state index in [1.807, 2.05) is 6.92 Å². The third kappa shape index (κ3) is 2.88. The Morgan fingerprint density at radius 1 is 0.861 bits per heavy atom. The van der Waals surface area contributed by atoms with E-state index in [1.54, 1.807) is 36.4 Å². The van der Waals surface area contributed by atoms with Gasteiger partial charge in [-0.15, -0.1) is 0 Å². The van der Waals surface area contributed by atoms with Crippen LogP contribution in [0.1, 0.15) is 39.3 Å². The molecule has 0 aromatic heterocycles. The summed E-state index contributed by atoms with van der Waals surface area (Å²) in [5.74, 6) is -4.98. The molecule has 1 aliphatic carbocycles. The standard InChI is InChI=1S/C28H20FNO6/c1-2-35-18-13-11-17(12-14-18)30-26(33)21-22(27(30)34)28(36-23(21)15-7-9-16(29)10-8-15)24(31)19-5-3-4-6-20(19)25(28)32/h3-14,21-23H,2H2,1H3/t21-,22+,23+/m0/s1. The molecule has 2 fully saturated rings. The second-order valence-corrected chi connectivity index (χ2v) is 8.97. The molecule has 3 aliphatic rings. The lowest BCUT2D eigenvalue weighted by molar-refractivity contribution is -0.127. The largest absolute Gasteiger partial charge is 0.494 e. The molecule has 3 aromatic carbocycles. The Bertz CT molecular complexity index is 1400. The number of halogens is 1. The second kappa shape index (κ2) is 7.93. The zero-order chi connectivity index (χ0) is 25.2. The third-order valence-electron chi connectivity index (χ3n) is 7.12. The molecule has 2 saturated heterocycles. The number of ether oxygens (including phenoxy) is 2. The summed E-state index contributed by atoms with van der Waals surface area (Å²) in [6.07, 6.45) is -1.10. The molecule has 3 aromatic rings. The molecular weight excluding hydrogens is 465 g/mol. The number of fused-ring (bicyclic) bond motifs is 3. The van der Waals surface area contributed by atoms with Crippen LogP contribution in [0.25, 0.3) is 0 Å². The topological polar surface area (TPSA) is 90.0 Å². The summed E-state index contributed by atoms with van der Waals surface area (Å²) in [6, 6.07) is 18.0. The Kier molecular flexibility index (Phi) is 4.91. The summed E-state index contributed by atoms with van der Waals surface area (Å²) in [4.78, 5) is 56.1. The van der Waals surface area contributed by atoms with Crippen molar-refractivity contribution in [3.05, 3.63) is 95.3 Å². The lowest BCUT2D eigenvalue weighted by Gasteiger charge is -2.27. The van der Waals surface area contributed by atoms with Gasteiger partial charge in [0.2, 0.25) is 29.0 Å². The molecule has 0 N–H and O–H groups in total. The Hall–Kier alpha value is -4.17. The van der Waals surface area contributed by atoms with Crippen molar-refractivity contribution >= 4 is 29.1 Å². The van der Waals surface area contributed by atoms with E-state index >= 15 is 0 Å². The number of benzene rings is 3. The van der Waals surface area contributed by atoms with Gasteiger partial charge in [-0.05, 0) is 48.9 Å². The molecule has 2 heterocycles. The number of imide groups is 1. The first-order chi connectivity index (χ1) is 17.4.